The lowest BCUT2D eigenvalue weighted by atomic mass is 10.1. The molecule has 1 aromatic carbocycles. The number of rotatable bonds is 9. The fourth-order valence-corrected chi connectivity index (χ4v) is 2.79. The minimum absolute atomic E-state index is 0.0467. The van der Waals surface area contributed by atoms with Crippen LogP contribution in [0.2, 0.25) is 0 Å². The van der Waals surface area contributed by atoms with Crippen molar-refractivity contribution in [3.05, 3.63) is 65.7 Å². The third kappa shape index (κ3) is 5.96. The fourth-order valence-electron chi connectivity index (χ4n) is 2.79. The number of nitrogens with zero attached hydrogens (tertiary/aromatic N) is 4. The number of pyridine rings is 1. The predicted octanol–water partition coefficient (Wildman–Crippen LogP) is 3.22. The molecule has 0 atom stereocenters. The van der Waals surface area contributed by atoms with Crippen LogP contribution in [0.4, 0.5) is 0 Å². The van der Waals surface area contributed by atoms with Gasteiger partial charge in [-0.3, -0.25) is 14.7 Å². The normalized spacial score (nSPS) is 11.2. The number of nitrogens with one attached hydrogen (secondary N) is 1. The van der Waals surface area contributed by atoms with E-state index in [2.05, 4.69) is 58.4 Å². The first-order valence-corrected chi connectivity index (χ1v) is 9.80. The van der Waals surface area contributed by atoms with Crippen molar-refractivity contribution >= 4 is 5.91 Å². The Balaban J connectivity index is 1.50. The summed E-state index contributed by atoms with van der Waals surface area (Å²) in [6, 6.07) is 14.2. The molecule has 29 heavy (non-hydrogen) atoms. The number of carbonyl (C=O) groups excluding carboxylic acids is 1. The van der Waals surface area contributed by atoms with Gasteiger partial charge in [-0.1, -0.05) is 35.5 Å². The number of benzene rings is 1. The Morgan fingerprint density at radius 2 is 1.90 bits per heavy atom. The van der Waals surface area contributed by atoms with Gasteiger partial charge in [0.25, 0.3) is 0 Å². The van der Waals surface area contributed by atoms with Crippen LogP contribution in [0.15, 0.2) is 53.2 Å². The summed E-state index contributed by atoms with van der Waals surface area (Å²) in [5, 5.41) is 6.92. The Labute approximate surface area is 171 Å². The van der Waals surface area contributed by atoms with E-state index in [9.17, 15) is 4.79 Å². The summed E-state index contributed by atoms with van der Waals surface area (Å²) < 4.78 is 5.23. The zero-order valence-corrected chi connectivity index (χ0v) is 17.1. The van der Waals surface area contributed by atoms with Gasteiger partial charge in [0.05, 0.1) is 0 Å². The van der Waals surface area contributed by atoms with Gasteiger partial charge in [-0.2, -0.15) is 4.98 Å². The van der Waals surface area contributed by atoms with E-state index in [1.165, 1.54) is 5.56 Å². The molecule has 0 unspecified atom stereocenters. The summed E-state index contributed by atoms with van der Waals surface area (Å²) in [5.41, 5.74) is 3.00. The molecule has 0 fully saturated rings. The minimum Gasteiger partial charge on any atom is -0.352 e. The zero-order chi connectivity index (χ0) is 20.6. The van der Waals surface area contributed by atoms with Gasteiger partial charge in [-0.05, 0) is 44.2 Å². The Bertz CT molecular complexity index is 924. The molecular weight excluding hydrogens is 366 g/mol. The van der Waals surface area contributed by atoms with Crippen LogP contribution in [0.3, 0.4) is 0 Å². The lowest BCUT2D eigenvalue weighted by Gasteiger charge is -2.22. The molecule has 0 aliphatic rings. The maximum absolute atomic E-state index is 12.3. The Hall–Kier alpha value is -3.06. The average molecular weight is 393 g/mol. The summed E-state index contributed by atoms with van der Waals surface area (Å²) in [4.78, 5) is 23.1. The molecule has 0 aliphatic carbocycles. The van der Waals surface area contributed by atoms with Crippen molar-refractivity contribution in [3.63, 3.8) is 0 Å². The van der Waals surface area contributed by atoms with Gasteiger partial charge in [-0.15, -0.1) is 0 Å². The molecule has 1 N–H and O–H groups in total. The van der Waals surface area contributed by atoms with E-state index in [0.29, 0.717) is 36.4 Å². The van der Waals surface area contributed by atoms with E-state index in [1.807, 2.05) is 30.3 Å². The minimum atomic E-state index is -0.0467. The second kappa shape index (κ2) is 9.93. The van der Waals surface area contributed by atoms with Crippen molar-refractivity contribution in [3.8, 4) is 11.5 Å². The van der Waals surface area contributed by atoms with Crippen molar-refractivity contribution in [2.75, 3.05) is 7.05 Å². The molecule has 152 valence electrons. The van der Waals surface area contributed by atoms with Crippen LogP contribution >= 0.6 is 0 Å². The van der Waals surface area contributed by atoms with Crippen molar-refractivity contribution in [1.29, 1.82) is 0 Å². The maximum atomic E-state index is 12.3. The highest BCUT2D eigenvalue weighted by Crippen LogP contribution is 2.14. The molecule has 0 aliphatic heterocycles. The summed E-state index contributed by atoms with van der Waals surface area (Å²) >= 11 is 0. The molecule has 0 spiro atoms. The van der Waals surface area contributed by atoms with Gasteiger partial charge in [0.15, 0.2) is 0 Å². The van der Waals surface area contributed by atoms with Gasteiger partial charge in [0.2, 0.25) is 17.6 Å². The molecule has 0 saturated carbocycles. The van der Waals surface area contributed by atoms with Crippen LogP contribution in [0.1, 0.15) is 37.3 Å². The number of hydrogen-bond acceptors (Lipinski definition) is 6. The first kappa shape index (κ1) is 20.7. The maximum Gasteiger partial charge on any atom is 0.227 e. The summed E-state index contributed by atoms with van der Waals surface area (Å²) in [7, 11) is 2.10. The molecule has 2 aromatic heterocycles. The van der Waals surface area contributed by atoms with Crippen LogP contribution in [0, 0.1) is 0 Å². The molecule has 0 saturated heterocycles. The summed E-state index contributed by atoms with van der Waals surface area (Å²) in [6.45, 7) is 5.69. The smallest absolute Gasteiger partial charge is 0.227 e. The van der Waals surface area contributed by atoms with E-state index in [0.717, 1.165) is 12.1 Å². The predicted molar refractivity (Wildman–Crippen MR) is 111 cm³/mol. The molecule has 0 bridgehead atoms. The third-order valence-corrected chi connectivity index (χ3v) is 4.82. The first-order valence-electron chi connectivity index (χ1n) is 9.80. The van der Waals surface area contributed by atoms with Crippen LogP contribution in [-0.2, 0) is 24.3 Å². The van der Waals surface area contributed by atoms with E-state index in [4.69, 9.17) is 4.52 Å². The van der Waals surface area contributed by atoms with E-state index < -0.39 is 0 Å². The summed E-state index contributed by atoms with van der Waals surface area (Å²) in [5.74, 6) is 0.818. The van der Waals surface area contributed by atoms with Crippen molar-refractivity contribution in [1.82, 2.24) is 25.3 Å². The standard InChI is InChI=1S/C22H27N5O2/c1-16(2)27(3)15-18-9-5-4-8-17(18)14-24-20(28)11-12-21-25-22(26-29-21)19-10-6-7-13-23-19/h4-10,13,16H,11-12,14-15H2,1-3H3,(H,24,28). The van der Waals surface area contributed by atoms with Gasteiger partial charge < -0.3 is 9.84 Å². The van der Waals surface area contributed by atoms with Gasteiger partial charge in [-0.25, -0.2) is 0 Å². The Morgan fingerprint density at radius 1 is 1.14 bits per heavy atom. The molecule has 7 nitrogen and oxygen atoms in total. The number of amides is 1. The molecular formula is C22H27N5O2. The quantitative estimate of drug-likeness (QED) is 0.601. The Kier molecular flexibility index (Phi) is 7.08. The second-order valence-corrected chi connectivity index (χ2v) is 7.28. The number of aryl methyl sites for hydroxylation is 1. The van der Waals surface area contributed by atoms with Crippen LogP contribution in [0.25, 0.3) is 11.5 Å². The lowest BCUT2D eigenvalue weighted by molar-refractivity contribution is -0.121. The number of hydrogen-bond donors (Lipinski definition) is 1. The highest BCUT2D eigenvalue weighted by molar-refractivity contribution is 5.76. The highest BCUT2D eigenvalue weighted by atomic mass is 16.5. The lowest BCUT2D eigenvalue weighted by Crippen LogP contribution is -2.27. The average Bonchev–Trinajstić information content (AvgIpc) is 3.21. The molecule has 0 radical (unpaired) electrons. The van der Waals surface area contributed by atoms with Crippen molar-refractivity contribution in [2.45, 2.75) is 45.8 Å². The zero-order valence-electron chi connectivity index (χ0n) is 17.1. The van der Waals surface area contributed by atoms with Crippen LogP contribution in [-0.4, -0.2) is 39.0 Å². The molecule has 2 heterocycles. The monoisotopic (exact) mass is 393 g/mol. The second-order valence-electron chi connectivity index (χ2n) is 7.28. The molecule has 3 aromatic rings. The first-order chi connectivity index (χ1) is 14.0. The molecule has 1 amide bonds. The van der Waals surface area contributed by atoms with E-state index in [-0.39, 0.29) is 12.3 Å². The largest absolute Gasteiger partial charge is 0.352 e. The number of carbonyl (C=O) groups is 1. The van der Waals surface area contributed by atoms with E-state index >= 15 is 0 Å². The molecule has 7 heteroatoms. The third-order valence-electron chi connectivity index (χ3n) is 4.82. The van der Waals surface area contributed by atoms with E-state index in [1.54, 1.807) is 6.20 Å². The Morgan fingerprint density at radius 3 is 2.62 bits per heavy atom. The SMILES string of the molecule is CC(C)N(C)Cc1ccccc1CNC(=O)CCc1nc(-c2ccccn2)no1. The topological polar surface area (TPSA) is 84.2 Å². The van der Waals surface area contributed by atoms with Gasteiger partial charge in [0.1, 0.15) is 5.69 Å². The summed E-state index contributed by atoms with van der Waals surface area (Å²) in [6.07, 6.45) is 2.36. The van der Waals surface area contributed by atoms with Crippen molar-refractivity contribution < 1.29 is 9.32 Å². The highest BCUT2D eigenvalue weighted by Gasteiger charge is 2.12. The van der Waals surface area contributed by atoms with Gasteiger partial charge in [0, 0.05) is 38.2 Å². The molecule has 3 rings (SSSR count). The van der Waals surface area contributed by atoms with Crippen LogP contribution in [0.5, 0.6) is 0 Å². The van der Waals surface area contributed by atoms with Gasteiger partial charge >= 0.3 is 0 Å². The van der Waals surface area contributed by atoms with Crippen LogP contribution < -0.4 is 5.32 Å². The number of aromatic nitrogens is 3. The fraction of sp³-hybridized carbons (Fsp3) is 0.364. The van der Waals surface area contributed by atoms with Crippen molar-refractivity contribution in [2.24, 2.45) is 0 Å².